The standard InChI is InChI=1S/C31H32ClN5O8/c1-3-42-27(39)30(28(40)43-4-2,15-18-11-7-5-8-12-18)45-23-22-31(23,41)21(38)26(44-22)37-17-34-20-24(35-29(32)36-25(20)37)33-16-19-13-9-6-10-14-19/h5-14,17,21-23,26,38,41H,3-4,15-16H2,1-2H3,(H,33,35,36)/t21-,22+,23?,26+,31-/m0/s1. The van der Waals surface area contributed by atoms with Crippen LogP contribution < -0.4 is 5.32 Å². The van der Waals surface area contributed by atoms with Crippen LogP contribution in [0, 0.1) is 0 Å². The minimum absolute atomic E-state index is 0.0297. The molecule has 2 aliphatic rings. The zero-order chi connectivity index (χ0) is 31.8. The van der Waals surface area contributed by atoms with Gasteiger partial charge in [0.15, 0.2) is 28.8 Å². The van der Waals surface area contributed by atoms with Crippen molar-refractivity contribution >= 4 is 40.5 Å². The highest BCUT2D eigenvalue weighted by Gasteiger charge is 2.80. The van der Waals surface area contributed by atoms with Crippen molar-refractivity contribution < 1.29 is 38.7 Å². The lowest BCUT2D eigenvalue weighted by atomic mass is 9.93. The number of halogens is 1. The van der Waals surface area contributed by atoms with Crippen molar-refractivity contribution in [3.63, 3.8) is 0 Å². The minimum Gasteiger partial charge on any atom is -0.463 e. The van der Waals surface area contributed by atoms with Crippen LogP contribution in [0.5, 0.6) is 0 Å². The van der Waals surface area contributed by atoms with Crippen molar-refractivity contribution in [2.45, 2.75) is 62.6 Å². The topological polar surface area (TPSA) is 167 Å². The number of ether oxygens (including phenoxy) is 4. The fraction of sp³-hybridized carbons (Fsp3) is 0.387. The van der Waals surface area contributed by atoms with Gasteiger partial charge in [0.05, 0.1) is 19.5 Å². The molecular weight excluding hydrogens is 606 g/mol. The maximum absolute atomic E-state index is 13.4. The number of rotatable bonds is 12. The van der Waals surface area contributed by atoms with Gasteiger partial charge in [-0.05, 0) is 36.6 Å². The average molecular weight is 638 g/mol. The highest BCUT2D eigenvalue weighted by Crippen LogP contribution is 2.57. The summed E-state index contributed by atoms with van der Waals surface area (Å²) in [5, 5.41) is 26.1. The van der Waals surface area contributed by atoms with Crippen LogP contribution in [0.25, 0.3) is 11.2 Å². The number of aliphatic hydroxyl groups is 2. The van der Waals surface area contributed by atoms with Crippen LogP contribution in [0.15, 0.2) is 67.0 Å². The van der Waals surface area contributed by atoms with Crippen LogP contribution in [0.1, 0.15) is 31.2 Å². The van der Waals surface area contributed by atoms with Gasteiger partial charge in [0.25, 0.3) is 5.60 Å². The van der Waals surface area contributed by atoms with Crippen molar-refractivity contribution in [1.29, 1.82) is 0 Å². The molecule has 0 spiro atoms. The monoisotopic (exact) mass is 637 g/mol. The van der Waals surface area contributed by atoms with E-state index < -0.39 is 47.7 Å². The largest absolute Gasteiger partial charge is 0.463 e. The van der Waals surface area contributed by atoms with Crippen LogP contribution in [0.2, 0.25) is 5.28 Å². The Morgan fingerprint density at radius 3 is 2.22 bits per heavy atom. The summed E-state index contributed by atoms with van der Waals surface area (Å²) in [6, 6.07) is 18.4. The Morgan fingerprint density at radius 1 is 1.02 bits per heavy atom. The zero-order valence-electron chi connectivity index (χ0n) is 24.5. The maximum Gasteiger partial charge on any atom is 0.350 e. The van der Waals surface area contributed by atoms with Gasteiger partial charge >= 0.3 is 11.9 Å². The van der Waals surface area contributed by atoms with Crippen LogP contribution in [0.3, 0.4) is 0 Å². The van der Waals surface area contributed by atoms with E-state index in [0.29, 0.717) is 23.4 Å². The smallest absolute Gasteiger partial charge is 0.350 e. The lowest BCUT2D eigenvalue weighted by Crippen LogP contribution is -2.55. The van der Waals surface area contributed by atoms with E-state index in [4.69, 9.17) is 30.5 Å². The molecule has 2 aromatic heterocycles. The Kier molecular flexibility index (Phi) is 8.46. The molecule has 2 fully saturated rings. The van der Waals surface area contributed by atoms with Gasteiger partial charge in [-0.3, -0.25) is 4.57 Å². The number of nitrogens with one attached hydrogen (secondary N) is 1. The lowest BCUT2D eigenvalue weighted by Gasteiger charge is -2.32. The number of hydrogen-bond donors (Lipinski definition) is 3. The summed E-state index contributed by atoms with van der Waals surface area (Å²) in [5.41, 5.74) is -2.01. The second-order valence-corrected chi connectivity index (χ2v) is 11.1. The molecule has 1 saturated carbocycles. The Morgan fingerprint density at radius 2 is 1.64 bits per heavy atom. The molecule has 5 atom stereocenters. The number of benzene rings is 2. The first-order valence-corrected chi connectivity index (χ1v) is 14.9. The molecule has 45 heavy (non-hydrogen) atoms. The molecule has 1 saturated heterocycles. The number of esters is 2. The molecule has 4 aromatic rings. The highest BCUT2D eigenvalue weighted by atomic mass is 35.5. The third-order valence-corrected chi connectivity index (χ3v) is 8.08. The van der Waals surface area contributed by atoms with Gasteiger partial charge in [-0.1, -0.05) is 60.7 Å². The van der Waals surface area contributed by atoms with Crippen LogP contribution in [-0.4, -0.2) is 84.4 Å². The SMILES string of the molecule is CCOC(=O)C(Cc1ccccc1)(OC1[C@H]2O[C@@H](n3cnc4c(NCc5ccccc5)nc(Cl)nc43)[C@H](O)[C@@]12O)C(=O)OCC. The first-order chi connectivity index (χ1) is 21.7. The number of nitrogens with zero attached hydrogens (tertiary/aromatic N) is 4. The number of anilines is 1. The molecule has 236 valence electrons. The predicted octanol–water partition coefficient (Wildman–Crippen LogP) is 2.59. The van der Waals surface area contributed by atoms with Gasteiger partial charge in [0, 0.05) is 13.0 Å². The summed E-state index contributed by atoms with van der Waals surface area (Å²) in [5.74, 6) is -1.58. The second kappa shape index (κ2) is 12.3. The van der Waals surface area contributed by atoms with Crippen molar-refractivity contribution in [3.05, 3.63) is 83.4 Å². The van der Waals surface area contributed by atoms with E-state index in [2.05, 4.69) is 20.3 Å². The van der Waals surface area contributed by atoms with Gasteiger partial charge in [-0.2, -0.15) is 9.97 Å². The van der Waals surface area contributed by atoms with Gasteiger partial charge in [-0.15, -0.1) is 0 Å². The quantitative estimate of drug-likeness (QED) is 0.118. The molecule has 1 aliphatic heterocycles. The van der Waals surface area contributed by atoms with Gasteiger partial charge < -0.3 is 34.5 Å². The highest BCUT2D eigenvalue weighted by molar-refractivity contribution is 6.28. The number of aliphatic hydroxyl groups excluding tert-OH is 1. The Labute approximate surface area is 263 Å². The number of fused-ring (bicyclic) bond motifs is 2. The predicted molar refractivity (Wildman–Crippen MR) is 160 cm³/mol. The minimum atomic E-state index is -2.27. The fourth-order valence-electron chi connectivity index (χ4n) is 5.62. The van der Waals surface area contributed by atoms with Gasteiger partial charge in [0.2, 0.25) is 5.28 Å². The van der Waals surface area contributed by atoms with Gasteiger partial charge in [-0.25, -0.2) is 14.6 Å². The van der Waals surface area contributed by atoms with E-state index in [1.165, 1.54) is 10.9 Å². The van der Waals surface area contributed by atoms with Crippen molar-refractivity contribution in [3.8, 4) is 0 Å². The normalized spacial score (nSPS) is 23.8. The molecule has 0 bridgehead atoms. The molecule has 3 heterocycles. The van der Waals surface area contributed by atoms with E-state index in [1.54, 1.807) is 44.2 Å². The number of carbonyl (C=O) groups excluding carboxylic acids is 2. The van der Waals surface area contributed by atoms with Crippen LogP contribution in [-0.2, 0) is 41.5 Å². The summed E-state index contributed by atoms with van der Waals surface area (Å²) < 4.78 is 24.2. The second-order valence-electron chi connectivity index (χ2n) is 10.8. The van der Waals surface area contributed by atoms with Crippen molar-refractivity contribution in [1.82, 2.24) is 19.5 Å². The van der Waals surface area contributed by atoms with E-state index in [1.807, 2.05) is 30.3 Å². The summed E-state index contributed by atoms with van der Waals surface area (Å²) in [6.07, 6.45) is -3.92. The molecule has 1 aliphatic carbocycles. The molecule has 6 rings (SSSR count). The van der Waals surface area contributed by atoms with Gasteiger partial charge in [0.1, 0.15) is 18.3 Å². The lowest BCUT2D eigenvalue weighted by molar-refractivity contribution is -0.203. The number of imidazole rings is 1. The molecule has 0 amide bonds. The maximum atomic E-state index is 13.4. The molecule has 2 aromatic carbocycles. The van der Waals surface area contributed by atoms with E-state index in [0.717, 1.165) is 5.56 Å². The summed E-state index contributed by atoms with van der Waals surface area (Å²) in [4.78, 5) is 39.7. The Balaban J connectivity index is 1.26. The summed E-state index contributed by atoms with van der Waals surface area (Å²) in [6.45, 7) is 3.59. The summed E-state index contributed by atoms with van der Waals surface area (Å²) in [7, 11) is 0. The number of aromatic nitrogens is 4. The summed E-state index contributed by atoms with van der Waals surface area (Å²) >= 11 is 6.25. The van der Waals surface area contributed by atoms with Crippen molar-refractivity contribution in [2.75, 3.05) is 18.5 Å². The van der Waals surface area contributed by atoms with Crippen LogP contribution >= 0.6 is 11.6 Å². The molecule has 13 nitrogen and oxygen atoms in total. The first-order valence-electron chi connectivity index (χ1n) is 14.5. The molecule has 3 N–H and O–H groups in total. The molecule has 1 unspecified atom stereocenters. The molecular formula is C31H32ClN5O8. The van der Waals surface area contributed by atoms with E-state index >= 15 is 0 Å². The molecule has 0 radical (unpaired) electrons. The average Bonchev–Trinajstić information content (AvgIpc) is 3.26. The van der Waals surface area contributed by atoms with E-state index in [9.17, 15) is 19.8 Å². The Hall–Kier alpha value is -4.14. The fourth-order valence-corrected chi connectivity index (χ4v) is 5.78. The third-order valence-electron chi connectivity index (χ3n) is 7.91. The first kappa shape index (κ1) is 30.9. The van der Waals surface area contributed by atoms with Crippen LogP contribution in [0.4, 0.5) is 5.82 Å². The number of hydrogen-bond acceptors (Lipinski definition) is 12. The van der Waals surface area contributed by atoms with E-state index in [-0.39, 0.29) is 30.6 Å². The zero-order valence-corrected chi connectivity index (χ0v) is 25.3. The Bertz CT molecular complexity index is 1670. The molecule has 14 heteroatoms. The van der Waals surface area contributed by atoms with Crippen molar-refractivity contribution in [2.24, 2.45) is 0 Å². The number of carbonyl (C=O) groups is 2. The third kappa shape index (κ3) is 5.51.